The third-order valence-electron chi connectivity index (χ3n) is 3.84. The number of rotatable bonds is 15. The molecule has 1 rings (SSSR count). The van der Waals surface area contributed by atoms with Crippen LogP contribution in [0.5, 0.6) is 11.5 Å². The molecule has 0 amide bonds. The van der Waals surface area contributed by atoms with Crippen LogP contribution in [0.2, 0.25) is 0 Å². The summed E-state index contributed by atoms with van der Waals surface area (Å²) in [5.41, 5.74) is -0.659. The smallest absolute Gasteiger partial charge is 0.347 e. The zero-order valence-electron chi connectivity index (χ0n) is 18.6. The molecule has 1 aromatic rings. The van der Waals surface area contributed by atoms with Gasteiger partial charge in [-0.15, -0.1) is 5.01 Å². The van der Waals surface area contributed by atoms with Gasteiger partial charge in [0.05, 0.1) is 34.6 Å². The van der Waals surface area contributed by atoms with Crippen LogP contribution in [0.4, 0.5) is 5.69 Å². The van der Waals surface area contributed by atoms with E-state index in [-0.39, 0.29) is 22.0 Å². The summed E-state index contributed by atoms with van der Waals surface area (Å²) in [7, 11) is 0. The number of carbonyl (C=O) groups is 3. The van der Waals surface area contributed by atoms with Gasteiger partial charge in [-0.25, -0.2) is 9.59 Å². The average molecular weight is 488 g/mol. The molecule has 0 unspecified atom stereocenters. The van der Waals surface area contributed by atoms with E-state index in [9.17, 15) is 29.7 Å². The average Bonchev–Trinajstić information content (AvgIpc) is 2.77. The van der Waals surface area contributed by atoms with Crippen LogP contribution in [0, 0.1) is 15.3 Å². The van der Waals surface area contributed by atoms with Crippen molar-refractivity contribution in [3.05, 3.63) is 33.0 Å². The maximum Gasteiger partial charge on any atom is 0.347 e. The number of carboxylic acids is 1. The SMILES string of the molecule is CCN(CC)[N+]([O-])=NOCc1cc(OCC(=O)OCOC(C)=O)c(OCC(=O)O)cc1[N+](=O)[O-]. The van der Waals surface area contributed by atoms with Crippen molar-refractivity contribution in [3.63, 3.8) is 0 Å². The molecule has 0 bridgehead atoms. The Morgan fingerprint density at radius 2 is 1.68 bits per heavy atom. The topological polar surface area (TPSA) is 202 Å². The number of ether oxygens (including phenoxy) is 4. The molecule has 1 N–H and O–H groups in total. The Balaban J connectivity index is 3.11. The fourth-order valence-corrected chi connectivity index (χ4v) is 2.26. The molecule has 0 aliphatic heterocycles. The molecule has 1 aromatic carbocycles. The zero-order valence-corrected chi connectivity index (χ0v) is 18.6. The normalized spacial score (nSPS) is 10.7. The molecular weight excluding hydrogens is 464 g/mol. The summed E-state index contributed by atoms with van der Waals surface area (Å²) in [5.74, 6) is -3.61. The van der Waals surface area contributed by atoms with Crippen LogP contribution in [0.3, 0.4) is 0 Å². The van der Waals surface area contributed by atoms with Crippen molar-refractivity contribution in [2.75, 3.05) is 33.1 Å². The highest BCUT2D eigenvalue weighted by atomic mass is 16.7. The second kappa shape index (κ2) is 13.9. The van der Waals surface area contributed by atoms with Gasteiger partial charge in [-0.1, -0.05) is 0 Å². The molecule has 0 aromatic heterocycles. The monoisotopic (exact) mass is 488 g/mol. The maximum atomic E-state index is 11.8. The van der Waals surface area contributed by atoms with E-state index in [1.54, 1.807) is 13.8 Å². The Bertz CT molecular complexity index is 916. The molecule has 0 radical (unpaired) electrons. The third-order valence-corrected chi connectivity index (χ3v) is 3.84. The van der Waals surface area contributed by atoms with Crippen LogP contribution in [0.15, 0.2) is 17.4 Å². The molecule has 0 fully saturated rings. The van der Waals surface area contributed by atoms with E-state index < -0.39 is 55.1 Å². The Labute approximate surface area is 192 Å². The number of hydrogen-bond donors (Lipinski definition) is 1. The number of esters is 2. The van der Waals surface area contributed by atoms with Gasteiger partial charge < -0.3 is 34.1 Å². The second-order valence-electron chi connectivity index (χ2n) is 6.17. The molecule has 0 atom stereocenters. The Morgan fingerprint density at radius 1 is 1.06 bits per heavy atom. The van der Waals surface area contributed by atoms with E-state index in [1.165, 1.54) is 5.01 Å². The quantitative estimate of drug-likeness (QED) is 0.0920. The number of aliphatic carboxylic acids is 1. The first-order chi connectivity index (χ1) is 16.1. The zero-order chi connectivity index (χ0) is 25.7. The predicted molar refractivity (Wildman–Crippen MR) is 108 cm³/mol. The fourth-order valence-electron chi connectivity index (χ4n) is 2.26. The van der Waals surface area contributed by atoms with Gasteiger partial charge in [0, 0.05) is 6.92 Å². The third kappa shape index (κ3) is 9.41. The lowest BCUT2D eigenvalue weighted by Crippen LogP contribution is -2.30. The first kappa shape index (κ1) is 27.7. The number of hydrogen-bond acceptors (Lipinski definition) is 12. The molecular formula is C18H24N4O12. The van der Waals surface area contributed by atoms with Crippen molar-refractivity contribution in [1.29, 1.82) is 0 Å². The summed E-state index contributed by atoms with van der Waals surface area (Å²) >= 11 is 0. The van der Waals surface area contributed by atoms with Crippen LogP contribution >= 0.6 is 0 Å². The van der Waals surface area contributed by atoms with Gasteiger partial charge >= 0.3 is 17.9 Å². The Morgan fingerprint density at radius 3 is 2.24 bits per heavy atom. The second-order valence-corrected chi connectivity index (χ2v) is 6.17. The Kier molecular flexibility index (Phi) is 11.3. The molecule has 0 saturated heterocycles. The number of nitro groups is 1. The van der Waals surface area contributed by atoms with E-state index in [0.717, 1.165) is 19.1 Å². The van der Waals surface area contributed by atoms with Gasteiger partial charge in [-0.3, -0.25) is 14.9 Å². The van der Waals surface area contributed by atoms with E-state index in [1.807, 2.05) is 0 Å². The van der Waals surface area contributed by atoms with Crippen LogP contribution in [-0.2, 0) is 35.3 Å². The number of nitrogens with zero attached hydrogens (tertiary/aromatic N) is 4. The summed E-state index contributed by atoms with van der Waals surface area (Å²) in [6.45, 7) is 2.44. The van der Waals surface area contributed by atoms with Crippen LogP contribution in [-0.4, -0.2) is 71.0 Å². The molecule has 0 aliphatic carbocycles. The standard InChI is InChI=1S/C18H24N4O12/c1-4-20(5-2)22(29)19-34-8-13-6-15(31-10-18(26)33-11-32-12(3)23)16(30-9-17(24)25)7-14(13)21(27)28/h6-7H,4-5,8-11H2,1-3H3,(H,24,25). The van der Waals surface area contributed by atoms with Crippen molar-refractivity contribution in [1.82, 2.24) is 5.01 Å². The van der Waals surface area contributed by atoms with Gasteiger partial charge in [0.15, 0.2) is 31.3 Å². The Hall–Kier alpha value is -4.37. The first-order valence-electron chi connectivity index (χ1n) is 9.71. The van der Waals surface area contributed by atoms with E-state index in [4.69, 9.17) is 19.4 Å². The van der Waals surface area contributed by atoms with Crippen LogP contribution in [0.25, 0.3) is 0 Å². The largest absolute Gasteiger partial charge is 0.569 e. The summed E-state index contributed by atoms with van der Waals surface area (Å²) in [6.07, 6.45) is 0. The van der Waals surface area contributed by atoms with Gasteiger partial charge in [-0.2, -0.15) is 0 Å². The lowest BCUT2D eigenvalue weighted by atomic mass is 10.1. The molecule has 0 saturated carbocycles. The first-order valence-corrected chi connectivity index (χ1v) is 9.71. The summed E-state index contributed by atoms with van der Waals surface area (Å²) in [6, 6.07) is 1.94. The number of nitro benzene ring substituents is 1. The lowest BCUT2D eigenvalue weighted by molar-refractivity contribution is -0.710. The highest BCUT2D eigenvalue weighted by Gasteiger charge is 2.22. The molecule has 0 heterocycles. The van der Waals surface area contributed by atoms with Crippen molar-refractivity contribution in [3.8, 4) is 11.5 Å². The van der Waals surface area contributed by atoms with Crippen LogP contribution < -0.4 is 9.47 Å². The predicted octanol–water partition coefficient (Wildman–Crippen LogP) is 1.15. The molecule has 34 heavy (non-hydrogen) atoms. The number of benzene rings is 1. The minimum Gasteiger partial charge on any atom is -0.569 e. The number of carboxylic acid groups (broad SMARTS) is 1. The molecule has 188 valence electrons. The lowest BCUT2D eigenvalue weighted by Gasteiger charge is -2.14. The molecule has 0 spiro atoms. The highest BCUT2D eigenvalue weighted by Crippen LogP contribution is 2.35. The molecule has 16 nitrogen and oxygen atoms in total. The van der Waals surface area contributed by atoms with Crippen LogP contribution in [0.1, 0.15) is 26.3 Å². The van der Waals surface area contributed by atoms with Gasteiger partial charge in [0.25, 0.3) is 5.69 Å². The number of carbonyl (C=O) groups excluding carboxylic acids is 2. The van der Waals surface area contributed by atoms with Gasteiger partial charge in [0.2, 0.25) is 12.1 Å². The van der Waals surface area contributed by atoms with Crippen molar-refractivity contribution in [2.24, 2.45) is 5.28 Å². The molecule has 16 heteroatoms. The van der Waals surface area contributed by atoms with Crippen molar-refractivity contribution < 1.29 is 53.2 Å². The van der Waals surface area contributed by atoms with Crippen molar-refractivity contribution >= 4 is 23.6 Å². The maximum absolute atomic E-state index is 11.8. The summed E-state index contributed by atoms with van der Waals surface area (Å²) in [4.78, 5) is 49.0. The summed E-state index contributed by atoms with van der Waals surface area (Å²) in [5, 5.41) is 36.7. The highest BCUT2D eigenvalue weighted by molar-refractivity contribution is 5.72. The summed E-state index contributed by atoms with van der Waals surface area (Å²) < 4.78 is 19.3. The molecule has 0 aliphatic rings. The van der Waals surface area contributed by atoms with E-state index in [0.29, 0.717) is 13.1 Å². The van der Waals surface area contributed by atoms with E-state index >= 15 is 0 Å². The number of hydrazine groups is 1. The van der Waals surface area contributed by atoms with Gasteiger partial charge in [-0.05, 0) is 19.9 Å². The minimum atomic E-state index is -1.37. The minimum absolute atomic E-state index is 0.118. The fraction of sp³-hybridized carbons (Fsp3) is 0.500. The van der Waals surface area contributed by atoms with E-state index in [2.05, 4.69) is 14.8 Å². The van der Waals surface area contributed by atoms with Gasteiger partial charge in [0.1, 0.15) is 0 Å². The van der Waals surface area contributed by atoms with Crippen molar-refractivity contribution in [2.45, 2.75) is 27.4 Å².